The molecule has 1 fully saturated rings. The van der Waals surface area contributed by atoms with Gasteiger partial charge in [-0.15, -0.1) is 0 Å². The molecule has 0 radical (unpaired) electrons. The highest BCUT2D eigenvalue weighted by Crippen LogP contribution is 2.16. The molecule has 0 unspecified atom stereocenters. The maximum absolute atomic E-state index is 12.2. The summed E-state index contributed by atoms with van der Waals surface area (Å²) >= 11 is 0. The lowest BCUT2D eigenvalue weighted by Gasteiger charge is -2.26. The molecule has 4 nitrogen and oxygen atoms in total. The summed E-state index contributed by atoms with van der Waals surface area (Å²) in [5.41, 5.74) is 1.44. The Bertz CT molecular complexity index is 507. The summed E-state index contributed by atoms with van der Waals surface area (Å²) in [7, 11) is 0. The summed E-state index contributed by atoms with van der Waals surface area (Å²) in [6.45, 7) is 1.75. The number of H-pyrrole nitrogens is 1. The van der Waals surface area contributed by atoms with E-state index < -0.39 is 0 Å². The second kappa shape index (κ2) is 4.20. The number of rotatable bonds is 1. The molecule has 1 amide bonds. The Morgan fingerprint density at radius 2 is 2.12 bits per heavy atom. The van der Waals surface area contributed by atoms with Crippen LogP contribution in [-0.4, -0.2) is 33.9 Å². The minimum absolute atomic E-state index is 0.0997. The Hall–Kier alpha value is -1.84. The van der Waals surface area contributed by atoms with Crippen LogP contribution in [0.15, 0.2) is 24.4 Å². The van der Waals surface area contributed by atoms with Crippen LogP contribution in [0.3, 0.4) is 0 Å². The largest absolute Gasteiger partial charge is 0.337 e. The average Bonchev–Trinajstić information content (AvgIpc) is 2.82. The number of nitrogens with zero attached hydrogens (tertiary/aromatic N) is 2. The van der Waals surface area contributed by atoms with Crippen LogP contribution in [0, 0.1) is 0 Å². The fourth-order valence-electron chi connectivity index (χ4n) is 2.34. The first-order valence-corrected chi connectivity index (χ1v) is 6.07. The Kier molecular flexibility index (Phi) is 2.55. The van der Waals surface area contributed by atoms with Crippen LogP contribution in [0.1, 0.15) is 29.8 Å². The predicted octanol–water partition coefficient (Wildman–Crippen LogP) is 2.19. The molecular formula is C13H15N3O. The topological polar surface area (TPSA) is 49.0 Å². The highest BCUT2D eigenvalue weighted by atomic mass is 16.2. The van der Waals surface area contributed by atoms with Crippen molar-refractivity contribution >= 4 is 16.9 Å². The highest BCUT2D eigenvalue weighted by molar-refractivity contribution is 5.97. The molecule has 17 heavy (non-hydrogen) atoms. The number of likely N-dealkylation sites (tertiary alicyclic amines) is 1. The van der Waals surface area contributed by atoms with Gasteiger partial charge in [-0.05, 0) is 37.5 Å². The van der Waals surface area contributed by atoms with E-state index in [1.54, 1.807) is 6.20 Å². The van der Waals surface area contributed by atoms with Crippen LogP contribution in [0.2, 0.25) is 0 Å². The molecule has 0 aromatic carbocycles. The Morgan fingerprint density at radius 1 is 1.29 bits per heavy atom. The monoisotopic (exact) mass is 229 g/mol. The van der Waals surface area contributed by atoms with E-state index in [0.29, 0.717) is 5.69 Å². The maximum Gasteiger partial charge on any atom is 0.270 e. The van der Waals surface area contributed by atoms with Gasteiger partial charge in [-0.1, -0.05) is 0 Å². The number of hydrogen-bond acceptors (Lipinski definition) is 2. The van der Waals surface area contributed by atoms with E-state index in [1.807, 2.05) is 23.1 Å². The summed E-state index contributed by atoms with van der Waals surface area (Å²) in [4.78, 5) is 21.5. The molecule has 0 spiro atoms. The summed E-state index contributed by atoms with van der Waals surface area (Å²) < 4.78 is 0. The van der Waals surface area contributed by atoms with E-state index >= 15 is 0 Å². The zero-order valence-electron chi connectivity index (χ0n) is 9.65. The van der Waals surface area contributed by atoms with Gasteiger partial charge in [0.2, 0.25) is 0 Å². The molecule has 0 saturated carbocycles. The molecule has 3 heterocycles. The Labute approximate surface area is 99.6 Å². The number of aromatic amines is 1. The second-order valence-corrected chi connectivity index (χ2v) is 4.48. The molecule has 0 bridgehead atoms. The number of carbonyl (C=O) groups is 1. The molecule has 1 aliphatic heterocycles. The third-order valence-corrected chi connectivity index (χ3v) is 3.27. The SMILES string of the molecule is O=C(c1cc2cccnc2[nH]1)N1CCCCC1. The molecule has 3 rings (SSSR count). The van der Waals surface area contributed by atoms with E-state index in [4.69, 9.17) is 0 Å². The number of pyridine rings is 1. The zero-order chi connectivity index (χ0) is 11.7. The zero-order valence-corrected chi connectivity index (χ0v) is 9.65. The van der Waals surface area contributed by atoms with Gasteiger partial charge in [-0.2, -0.15) is 0 Å². The van der Waals surface area contributed by atoms with Crippen LogP contribution in [0.25, 0.3) is 11.0 Å². The number of aromatic nitrogens is 2. The quantitative estimate of drug-likeness (QED) is 0.814. The van der Waals surface area contributed by atoms with Crippen LogP contribution < -0.4 is 0 Å². The molecule has 1 N–H and O–H groups in total. The third kappa shape index (κ3) is 1.90. The summed E-state index contributed by atoms with van der Waals surface area (Å²) in [5.74, 6) is 0.0997. The summed E-state index contributed by atoms with van der Waals surface area (Å²) in [6.07, 6.45) is 5.19. The van der Waals surface area contributed by atoms with Gasteiger partial charge in [-0.3, -0.25) is 4.79 Å². The van der Waals surface area contributed by atoms with Gasteiger partial charge in [0.15, 0.2) is 0 Å². The van der Waals surface area contributed by atoms with Gasteiger partial charge in [0, 0.05) is 24.7 Å². The molecule has 4 heteroatoms. The van der Waals surface area contributed by atoms with Gasteiger partial charge in [0.25, 0.3) is 5.91 Å². The summed E-state index contributed by atoms with van der Waals surface area (Å²) in [5, 5.41) is 0.993. The molecule has 1 saturated heterocycles. The first-order chi connectivity index (χ1) is 8.34. The third-order valence-electron chi connectivity index (χ3n) is 3.27. The first-order valence-electron chi connectivity index (χ1n) is 6.07. The predicted molar refractivity (Wildman–Crippen MR) is 65.8 cm³/mol. The molecule has 1 aliphatic rings. The number of amides is 1. The van der Waals surface area contributed by atoms with E-state index in [2.05, 4.69) is 9.97 Å². The van der Waals surface area contributed by atoms with E-state index in [0.717, 1.165) is 37.0 Å². The number of piperidine rings is 1. The van der Waals surface area contributed by atoms with Crippen molar-refractivity contribution < 1.29 is 4.79 Å². The van der Waals surface area contributed by atoms with Gasteiger partial charge in [0.1, 0.15) is 11.3 Å². The van der Waals surface area contributed by atoms with Crippen molar-refractivity contribution in [3.8, 4) is 0 Å². The van der Waals surface area contributed by atoms with Gasteiger partial charge in [-0.25, -0.2) is 4.98 Å². The summed E-state index contributed by atoms with van der Waals surface area (Å²) in [6, 6.07) is 5.73. The molecule has 2 aromatic heterocycles. The molecule has 88 valence electrons. The van der Waals surface area contributed by atoms with Crippen LogP contribution in [0.5, 0.6) is 0 Å². The minimum atomic E-state index is 0.0997. The number of fused-ring (bicyclic) bond motifs is 1. The maximum atomic E-state index is 12.2. The average molecular weight is 229 g/mol. The van der Waals surface area contributed by atoms with E-state index in [1.165, 1.54) is 6.42 Å². The molecule has 0 aliphatic carbocycles. The van der Waals surface area contributed by atoms with Crippen molar-refractivity contribution in [1.82, 2.24) is 14.9 Å². The van der Waals surface area contributed by atoms with Crippen molar-refractivity contribution in [3.63, 3.8) is 0 Å². The lowest BCUT2D eigenvalue weighted by molar-refractivity contribution is 0.0719. The standard InChI is InChI=1S/C13H15N3O/c17-13(16-7-2-1-3-8-16)11-9-10-5-4-6-14-12(10)15-11/h4-6,9H,1-3,7-8H2,(H,14,15). The number of carbonyl (C=O) groups excluding carboxylic acids is 1. The van der Waals surface area contributed by atoms with E-state index in [-0.39, 0.29) is 5.91 Å². The molecule has 2 aromatic rings. The highest BCUT2D eigenvalue weighted by Gasteiger charge is 2.19. The van der Waals surface area contributed by atoms with Crippen molar-refractivity contribution in [1.29, 1.82) is 0 Å². The van der Waals surface area contributed by atoms with Gasteiger partial charge < -0.3 is 9.88 Å². The lowest BCUT2D eigenvalue weighted by Crippen LogP contribution is -2.35. The number of hydrogen-bond donors (Lipinski definition) is 1. The van der Waals surface area contributed by atoms with Crippen molar-refractivity contribution in [2.24, 2.45) is 0 Å². The Balaban J connectivity index is 1.89. The van der Waals surface area contributed by atoms with E-state index in [9.17, 15) is 4.79 Å². The lowest BCUT2D eigenvalue weighted by atomic mass is 10.1. The second-order valence-electron chi connectivity index (χ2n) is 4.48. The normalized spacial score (nSPS) is 16.4. The Morgan fingerprint density at radius 3 is 2.88 bits per heavy atom. The number of nitrogens with one attached hydrogen (secondary N) is 1. The fraction of sp³-hybridized carbons (Fsp3) is 0.385. The van der Waals surface area contributed by atoms with Gasteiger partial charge in [0.05, 0.1) is 0 Å². The van der Waals surface area contributed by atoms with Gasteiger partial charge >= 0.3 is 0 Å². The smallest absolute Gasteiger partial charge is 0.270 e. The van der Waals surface area contributed by atoms with Crippen molar-refractivity contribution in [2.75, 3.05) is 13.1 Å². The van der Waals surface area contributed by atoms with Crippen molar-refractivity contribution in [3.05, 3.63) is 30.1 Å². The fourth-order valence-corrected chi connectivity index (χ4v) is 2.34. The van der Waals surface area contributed by atoms with Crippen LogP contribution >= 0.6 is 0 Å². The minimum Gasteiger partial charge on any atom is -0.337 e. The first kappa shape index (κ1) is 10.3. The molecule has 0 atom stereocenters. The van der Waals surface area contributed by atoms with Crippen LogP contribution in [0.4, 0.5) is 0 Å². The molecular weight excluding hydrogens is 214 g/mol. The van der Waals surface area contributed by atoms with Crippen molar-refractivity contribution in [2.45, 2.75) is 19.3 Å². The van der Waals surface area contributed by atoms with Crippen LogP contribution in [-0.2, 0) is 0 Å².